The van der Waals surface area contributed by atoms with E-state index in [1.807, 2.05) is 18.2 Å². The molecule has 112 valence electrons. The minimum atomic E-state index is 0.104. The van der Waals surface area contributed by atoms with Gasteiger partial charge in [0.15, 0.2) is 0 Å². The van der Waals surface area contributed by atoms with Crippen molar-refractivity contribution in [2.75, 3.05) is 13.1 Å². The summed E-state index contributed by atoms with van der Waals surface area (Å²) in [7, 11) is 0. The second kappa shape index (κ2) is 8.98. The first-order valence-corrected chi connectivity index (χ1v) is 7.66. The quantitative estimate of drug-likeness (QED) is 0.770. The van der Waals surface area contributed by atoms with Crippen LogP contribution in [0.1, 0.15) is 45.2 Å². The summed E-state index contributed by atoms with van der Waals surface area (Å²) < 4.78 is 0. The smallest absolute Gasteiger partial charge is 0.221 e. The number of halogens is 1. The van der Waals surface area contributed by atoms with E-state index < -0.39 is 0 Å². The second-order valence-electron chi connectivity index (χ2n) is 5.42. The standard InChI is InChI=1S/C16H25ClN2O/c1-4-15(13-6-5-7-14(17)10-13)18-9-8-16(20)19-11-12(2)3/h5-7,10,12,15,18H,4,8-9,11H2,1-3H3,(H,19,20). The summed E-state index contributed by atoms with van der Waals surface area (Å²) >= 11 is 6.01. The van der Waals surface area contributed by atoms with Gasteiger partial charge in [-0.3, -0.25) is 4.79 Å². The first-order valence-electron chi connectivity index (χ1n) is 7.28. The summed E-state index contributed by atoms with van der Waals surface area (Å²) in [6.07, 6.45) is 1.47. The highest BCUT2D eigenvalue weighted by Gasteiger charge is 2.10. The van der Waals surface area contributed by atoms with Gasteiger partial charge in [0.2, 0.25) is 5.91 Å². The minimum Gasteiger partial charge on any atom is -0.356 e. The molecule has 0 heterocycles. The lowest BCUT2D eigenvalue weighted by atomic mass is 10.0. The number of rotatable bonds is 8. The number of hydrogen-bond donors (Lipinski definition) is 2. The Morgan fingerprint density at radius 2 is 2.10 bits per heavy atom. The normalized spacial score (nSPS) is 12.4. The SMILES string of the molecule is CCC(NCCC(=O)NCC(C)C)c1cccc(Cl)c1. The molecule has 0 radical (unpaired) electrons. The number of hydrogen-bond acceptors (Lipinski definition) is 2. The van der Waals surface area contributed by atoms with E-state index in [1.54, 1.807) is 0 Å². The molecule has 0 saturated carbocycles. The molecule has 1 rings (SSSR count). The maximum atomic E-state index is 11.6. The molecule has 0 fully saturated rings. The summed E-state index contributed by atoms with van der Waals surface area (Å²) in [5, 5.41) is 7.08. The van der Waals surface area contributed by atoms with Crippen LogP contribution >= 0.6 is 11.6 Å². The molecule has 3 nitrogen and oxygen atoms in total. The van der Waals surface area contributed by atoms with Gasteiger partial charge in [0, 0.05) is 30.6 Å². The van der Waals surface area contributed by atoms with Crippen molar-refractivity contribution >= 4 is 17.5 Å². The van der Waals surface area contributed by atoms with Gasteiger partial charge in [0.25, 0.3) is 0 Å². The molecule has 20 heavy (non-hydrogen) atoms. The monoisotopic (exact) mass is 296 g/mol. The summed E-state index contributed by atoms with van der Waals surface area (Å²) in [5.41, 5.74) is 1.17. The molecule has 1 aromatic rings. The van der Waals surface area contributed by atoms with E-state index in [0.717, 1.165) is 18.0 Å². The molecule has 2 N–H and O–H groups in total. The molecule has 0 aromatic heterocycles. The molecule has 1 amide bonds. The van der Waals surface area contributed by atoms with Crippen molar-refractivity contribution in [3.8, 4) is 0 Å². The molecular weight excluding hydrogens is 272 g/mol. The van der Waals surface area contributed by atoms with Crippen LogP contribution in [0.4, 0.5) is 0 Å². The molecule has 0 aliphatic carbocycles. The van der Waals surface area contributed by atoms with Crippen LogP contribution in [0.5, 0.6) is 0 Å². The molecule has 1 aromatic carbocycles. The van der Waals surface area contributed by atoms with E-state index in [9.17, 15) is 4.79 Å². The highest BCUT2D eigenvalue weighted by Crippen LogP contribution is 2.20. The number of benzene rings is 1. The maximum absolute atomic E-state index is 11.6. The average molecular weight is 297 g/mol. The van der Waals surface area contributed by atoms with E-state index >= 15 is 0 Å². The molecule has 0 aliphatic rings. The Kier molecular flexibility index (Phi) is 7.63. The molecule has 0 aliphatic heterocycles. The van der Waals surface area contributed by atoms with E-state index in [0.29, 0.717) is 18.9 Å². The predicted octanol–water partition coefficient (Wildman–Crippen LogP) is 3.54. The average Bonchev–Trinajstić information content (AvgIpc) is 2.41. The summed E-state index contributed by atoms with van der Waals surface area (Å²) in [6, 6.07) is 8.11. The van der Waals surface area contributed by atoms with Gasteiger partial charge in [0.1, 0.15) is 0 Å². The van der Waals surface area contributed by atoms with Crippen molar-refractivity contribution in [1.29, 1.82) is 0 Å². The van der Waals surface area contributed by atoms with Crippen molar-refractivity contribution in [3.63, 3.8) is 0 Å². The van der Waals surface area contributed by atoms with Crippen LogP contribution in [0.15, 0.2) is 24.3 Å². The summed E-state index contributed by atoms with van der Waals surface area (Å²) in [5.74, 6) is 0.592. The Hall–Kier alpha value is -1.06. The highest BCUT2D eigenvalue weighted by atomic mass is 35.5. The van der Waals surface area contributed by atoms with Crippen LogP contribution in [0, 0.1) is 5.92 Å². The number of carbonyl (C=O) groups is 1. The Labute approximate surface area is 127 Å². The van der Waals surface area contributed by atoms with Gasteiger partial charge in [-0.15, -0.1) is 0 Å². The highest BCUT2D eigenvalue weighted by molar-refractivity contribution is 6.30. The van der Waals surface area contributed by atoms with Gasteiger partial charge in [-0.1, -0.05) is 44.5 Å². The third-order valence-electron chi connectivity index (χ3n) is 3.11. The lowest BCUT2D eigenvalue weighted by Crippen LogP contribution is -2.31. The van der Waals surface area contributed by atoms with E-state index in [-0.39, 0.29) is 11.9 Å². The van der Waals surface area contributed by atoms with Crippen molar-refractivity contribution in [2.24, 2.45) is 5.92 Å². The van der Waals surface area contributed by atoms with Crippen LogP contribution in [0.2, 0.25) is 5.02 Å². The fraction of sp³-hybridized carbons (Fsp3) is 0.562. The second-order valence-corrected chi connectivity index (χ2v) is 5.85. The van der Waals surface area contributed by atoms with Crippen molar-refractivity contribution in [3.05, 3.63) is 34.9 Å². The lowest BCUT2D eigenvalue weighted by molar-refractivity contribution is -0.121. The third kappa shape index (κ3) is 6.40. The zero-order chi connectivity index (χ0) is 15.0. The number of amides is 1. The van der Waals surface area contributed by atoms with Crippen molar-refractivity contribution < 1.29 is 4.79 Å². The molecule has 1 atom stereocenters. The van der Waals surface area contributed by atoms with Crippen molar-refractivity contribution in [2.45, 2.75) is 39.7 Å². The van der Waals surface area contributed by atoms with Crippen LogP contribution in [0.25, 0.3) is 0 Å². The maximum Gasteiger partial charge on any atom is 0.221 e. The topological polar surface area (TPSA) is 41.1 Å². The zero-order valence-electron chi connectivity index (χ0n) is 12.6. The molecule has 0 spiro atoms. The number of carbonyl (C=O) groups excluding carboxylic acids is 1. The predicted molar refractivity (Wildman–Crippen MR) is 85.0 cm³/mol. The Bertz CT molecular complexity index is 421. The van der Waals surface area contributed by atoms with Crippen molar-refractivity contribution in [1.82, 2.24) is 10.6 Å². The Balaban J connectivity index is 2.37. The van der Waals surface area contributed by atoms with Crippen LogP contribution in [-0.4, -0.2) is 19.0 Å². The largest absolute Gasteiger partial charge is 0.356 e. The van der Waals surface area contributed by atoms with Crippen LogP contribution < -0.4 is 10.6 Å². The first kappa shape index (κ1) is 17.0. The van der Waals surface area contributed by atoms with Gasteiger partial charge < -0.3 is 10.6 Å². The lowest BCUT2D eigenvalue weighted by Gasteiger charge is -2.17. The van der Waals surface area contributed by atoms with Crippen LogP contribution in [-0.2, 0) is 4.79 Å². The first-order chi connectivity index (χ1) is 9.52. The zero-order valence-corrected chi connectivity index (χ0v) is 13.3. The van der Waals surface area contributed by atoms with Gasteiger partial charge in [0.05, 0.1) is 0 Å². The van der Waals surface area contributed by atoms with E-state index in [2.05, 4.69) is 37.5 Å². The molecule has 0 saturated heterocycles. The number of nitrogens with one attached hydrogen (secondary N) is 2. The van der Waals surface area contributed by atoms with E-state index in [4.69, 9.17) is 11.6 Å². The Morgan fingerprint density at radius 3 is 2.70 bits per heavy atom. The van der Waals surface area contributed by atoms with Crippen LogP contribution in [0.3, 0.4) is 0 Å². The fourth-order valence-electron chi connectivity index (χ4n) is 1.99. The molecule has 0 bridgehead atoms. The summed E-state index contributed by atoms with van der Waals surface area (Å²) in [6.45, 7) is 7.71. The molecule has 1 unspecified atom stereocenters. The fourth-order valence-corrected chi connectivity index (χ4v) is 2.19. The van der Waals surface area contributed by atoms with Gasteiger partial charge >= 0.3 is 0 Å². The molecular formula is C16H25ClN2O. The van der Waals surface area contributed by atoms with Gasteiger partial charge in [-0.25, -0.2) is 0 Å². The third-order valence-corrected chi connectivity index (χ3v) is 3.34. The van der Waals surface area contributed by atoms with Gasteiger partial charge in [-0.05, 0) is 30.0 Å². The van der Waals surface area contributed by atoms with E-state index in [1.165, 1.54) is 5.56 Å². The Morgan fingerprint density at radius 1 is 1.35 bits per heavy atom. The van der Waals surface area contributed by atoms with Gasteiger partial charge in [-0.2, -0.15) is 0 Å². The molecule has 4 heteroatoms. The summed E-state index contributed by atoms with van der Waals surface area (Å²) in [4.78, 5) is 11.6. The minimum absolute atomic E-state index is 0.104.